The smallest absolute Gasteiger partial charge is 0.264 e. The Hall–Kier alpha value is -4.18. The number of fused-ring (bicyclic) bond motifs is 1. The fourth-order valence-corrected chi connectivity index (χ4v) is 7.55. The number of rotatable bonds is 8. The van der Waals surface area contributed by atoms with Gasteiger partial charge in [0.15, 0.2) is 5.82 Å². The van der Waals surface area contributed by atoms with Gasteiger partial charge in [-0.25, -0.2) is 8.42 Å². The summed E-state index contributed by atoms with van der Waals surface area (Å²) in [5.41, 5.74) is 3.37. The first-order valence-corrected chi connectivity index (χ1v) is 16.9. The van der Waals surface area contributed by atoms with Crippen molar-refractivity contribution >= 4 is 50.5 Å². The Balaban J connectivity index is 1.33. The zero-order valence-electron chi connectivity index (χ0n) is 24.6. The molecule has 0 radical (unpaired) electrons. The molecule has 0 bridgehead atoms. The molecule has 1 aliphatic heterocycles. The quantitative estimate of drug-likeness (QED) is 0.182. The minimum Gasteiger partial charge on any atom is -0.322 e. The van der Waals surface area contributed by atoms with Gasteiger partial charge in [0.05, 0.1) is 32.7 Å². The average Bonchev–Trinajstić information content (AvgIpc) is 3.28. The molecule has 0 atom stereocenters. The molecule has 45 heavy (non-hydrogen) atoms. The molecule has 0 spiro atoms. The Morgan fingerprint density at radius 1 is 0.889 bits per heavy atom. The number of nitrogens with zero attached hydrogens (tertiary/aromatic N) is 4. The van der Waals surface area contributed by atoms with Gasteiger partial charge in [0.1, 0.15) is 5.82 Å². The summed E-state index contributed by atoms with van der Waals surface area (Å²) in [6, 6.07) is 25.7. The van der Waals surface area contributed by atoms with Crippen molar-refractivity contribution in [3.05, 3.63) is 124 Å². The number of aryl methyl sites for hydroxylation is 1. The lowest BCUT2D eigenvalue weighted by Crippen LogP contribution is -2.31. The summed E-state index contributed by atoms with van der Waals surface area (Å²) in [4.78, 5) is 13.6. The normalized spacial score (nSPS) is 13.1. The van der Waals surface area contributed by atoms with Gasteiger partial charge in [0.2, 0.25) is 0 Å². The second-order valence-electron chi connectivity index (χ2n) is 10.9. The Kier molecular flexibility index (Phi) is 8.94. The van der Waals surface area contributed by atoms with Crippen molar-refractivity contribution in [3.8, 4) is 11.4 Å². The molecular formula is C34H31Cl2N5O3S. The monoisotopic (exact) mass is 659 g/mol. The van der Waals surface area contributed by atoms with Gasteiger partial charge in [-0.2, -0.15) is 0 Å². The number of carbonyl (C=O) groups is 1. The molecule has 230 valence electrons. The SMILES string of the molecule is Cc1c(NC(=O)c2cc(S(=O)(=O)N(Cc3ccccc3)c3ccccc3Cl)ccc2Cl)cccc1-c1nnc2n1CCCCC2. The number of carbonyl (C=O) groups excluding carboxylic acids is 1. The highest BCUT2D eigenvalue weighted by Crippen LogP contribution is 2.34. The van der Waals surface area contributed by atoms with Crippen molar-refractivity contribution in [2.45, 2.75) is 50.6 Å². The number of sulfonamides is 1. The van der Waals surface area contributed by atoms with E-state index in [1.54, 1.807) is 30.3 Å². The van der Waals surface area contributed by atoms with Crippen LogP contribution >= 0.6 is 23.2 Å². The van der Waals surface area contributed by atoms with E-state index >= 15 is 0 Å². The van der Waals surface area contributed by atoms with E-state index in [9.17, 15) is 13.2 Å². The van der Waals surface area contributed by atoms with E-state index in [1.807, 2.05) is 49.4 Å². The number of benzene rings is 4. The van der Waals surface area contributed by atoms with Crippen molar-refractivity contribution in [2.24, 2.45) is 0 Å². The molecule has 0 saturated heterocycles. The molecule has 4 aromatic carbocycles. The molecule has 1 aliphatic rings. The van der Waals surface area contributed by atoms with Crippen LogP contribution in [0.1, 0.15) is 46.6 Å². The topological polar surface area (TPSA) is 97.2 Å². The third kappa shape index (κ3) is 6.33. The van der Waals surface area contributed by atoms with Gasteiger partial charge >= 0.3 is 0 Å². The van der Waals surface area contributed by atoms with E-state index in [0.29, 0.717) is 11.4 Å². The van der Waals surface area contributed by atoms with Gasteiger partial charge in [-0.1, -0.05) is 84.2 Å². The van der Waals surface area contributed by atoms with Crippen LogP contribution in [0, 0.1) is 6.92 Å². The molecule has 0 fully saturated rings. The predicted octanol–water partition coefficient (Wildman–Crippen LogP) is 7.93. The van der Waals surface area contributed by atoms with Crippen molar-refractivity contribution in [1.82, 2.24) is 14.8 Å². The van der Waals surface area contributed by atoms with Crippen LogP contribution in [0.4, 0.5) is 11.4 Å². The standard InChI is InChI=1S/C34H31Cl2N5O3S/c1-23-26(33-39-38-32-17-6-3-9-20-40(32)33)13-10-15-30(23)37-34(42)27-21-25(18-19-28(27)35)45(43,44)41(22-24-11-4-2-5-12-24)31-16-8-7-14-29(31)36/h2,4-5,7-8,10-16,18-19,21H,3,6,9,17,20,22H2,1H3,(H,37,42). The zero-order valence-corrected chi connectivity index (χ0v) is 26.9. The second kappa shape index (κ2) is 13.0. The number of amides is 1. The van der Waals surface area contributed by atoms with Crippen molar-refractivity contribution in [3.63, 3.8) is 0 Å². The van der Waals surface area contributed by atoms with E-state index in [2.05, 4.69) is 20.1 Å². The van der Waals surface area contributed by atoms with Gasteiger partial charge in [-0.15, -0.1) is 10.2 Å². The van der Waals surface area contributed by atoms with E-state index in [4.69, 9.17) is 23.2 Å². The van der Waals surface area contributed by atoms with Gasteiger partial charge in [0.25, 0.3) is 15.9 Å². The first-order chi connectivity index (χ1) is 21.7. The third-order valence-corrected chi connectivity index (χ3v) is 10.4. The van der Waals surface area contributed by atoms with Crippen LogP contribution in [-0.2, 0) is 29.5 Å². The van der Waals surface area contributed by atoms with Gasteiger partial charge in [0, 0.05) is 24.2 Å². The number of hydrogen-bond acceptors (Lipinski definition) is 5. The summed E-state index contributed by atoms with van der Waals surface area (Å²) >= 11 is 13.0. The molecule has 6 rings (SSSR count). The van der Waals surface area contributed by atoms with Crippen molar-refractivity contribution in [1.29, 1.82) is 0 Å². The van der Waals surface area contributed by atoms with E-state index in [-0.39, 0.29) is 27.0 Å². The number of aromatic nitrogens is 3. The van der Waals surface area contributed by atoms with Crippen molar-refractivity contribution in [2.75, 3.05) is 9.62 Å². The molecule has 0 aliphatic carbocycles. The summed E-state index contributed by atoms with van der Waals surface area (Å²) in [6.45, 7) is 2.80. The average molecular weight is 661 g/mol. The van der Waals surface area contributed by atoms with E-state index in [0.717, 1.165) is 60.6 Å². The minimum absolute atomic E-state index is 0.0257. The van der Waals surface area contributed by atoms with Crippen LogP contribution in [0.5, 0.6) is 0 Å². The summed E-state index contributed by atoms with van der Waals surface area (Å²) in [5, 5.41) is 12.2. The molecule has 1 aromatic heterocycles. The van der Waals surface area contributed by atoms with E-state index in [1.165, 1.54) is 22.5 Å². The molecule has 1 amide bonds. The first kappa shape index (κ1) is 30.8. The lowest BCUT2D eigenvalue weighted by atomic mass is 10.1. The molecule has 8 nitrogen and oxygen atoms in total. The summed E-state index contributed by atoms with van der Waals surface area (Å²) < 4.78 is 31.8. The van der Waals surface area contributed by atoms with Crippen LogP contribution in [-0.4, -0.2) is 29.1 Å². The highest BCUT2D eigenvalue weighted by Gasteiger charge is 2.29. The van der Waals surface area contributed by atoms with E-state index < -0.39 is 15.9 Å². The fourth-order valence-electron chi connectivity index (χ4n) is 5.56. The molecule has 5 aromatic rings. The maximum atomic E-state index is 14.2. The highest BCUT2D eigenvalue weighted by molar-refractivity contribution is 7.92. The Labute approximate surface area is 272 Å². The highest BCUT2D eigenvalue weighted by atomic mass is 35.5. The fraction of sp³-hybridized carbons (Fsp3) is 0.206. The predicted molar refractivity (Wildman–Crippen MR) is 178 cm³/mol. The van der Waals surface area contributed by atoms with Gasteiger partial charge in [-0.3, -0.25) is 9.10 Å². The molecule has 1 N–H and O–H groups in total. The summed E-state index contributed by atoms with van der Waals surface area (Å²) in [6.07, 6.45) is 4.19. The lowest BCUT2D eigenvalue weighted by molar-refractivity contribution is 0.102. The van der Waals surface area contributed by atoms with Crippen LogP contribution < -0.4 is 9.62 Å². The van der Waals surface area contributed by atoms with Gasteiger partial charge in [-0.05, 0) is 67.3 Å². The largest absolute Gasteiger partial charge is 0.322 e. The first-order valence-electron chi connectivity index (χ1n) is 14.7. The number of halogens is 2. The lowest BCUT2D eigenvalue weighted by Gasteiger charge is -2.26. The minimum atomic E-state index is -4.18. The summed E-state index contributed by atoms with van der Waals surface area (Å²) in [5.74, 6) is 1.20. The van der Waals surface area contributed by atoms with Gasteiger partial charge < -0.3 is 9.88 Å². The van der Waals surface area contributed by atoms with Crippen molar-refractivity contribution < 1.29 is 13.2 Å². The molecule has 2 heterocycles. The second-order valence-corrected chi connectivity index (χ2v) is 13.6. The molecular weight excluding hydrogens is 629 g/mol. The van der Waals surface area contributed by atoms with Crippen LogP contribution in [0.2, 0.25) is 10.0 Å². The maximum Gasteiger partial charge on any atom is 0.264 e. The summed E-state index contributed by atoms with van der Waals surface area (Å²) in [7, 11) is -4.18. The maximum absolute atomic E-state index is 14.2. The number of hydrogen-bond donors (Lipinski definition) is 1. The Bertz CT molecular complexity index is 1980. The number of nitrogens with one attached hydrogen (secondary N) is 1. The van der Waals surface area contributed by atoms with Crippen LogP contribution in [0.15, 0.2) is 95.9 Å². The van der Waals surface area contributed by atoms with Crippen LogP contribution in [0.25, 0.3) is 11.4 Å². The Morgan fingerprint density at radius 3 is 2.47 bits per heavy atom. The number of para-hydroxylation sites is 1. The molecule has 0 unspecified atom stereocenters. The molecule has 11 heteroatoms. The Morgan fingerprint density at radius 2 is 1.67 bits per heavy atom. The molecule has 0 saturated carbocycles. The third-order valence-electron chi connectivity index (χ3n) is 7.99. The van der Waals surface area contributed by atoms with Crippen LogP contribution in [0.3, 0.4) is 0 Å². The number of anilines is 2. The zero-order chi connectivity index (χ0) is 31.6.